The van der Waals surface area contributed by atoms with Crippen LogP contribution in [0.5, 0.6) is 0 Å². The van der Waals surface area contributed by atoms with Crippen molar-refractivity contribution in [3.05, 3.63) is 0 Å². The molecule has 0 amide bonds. The van der Waals surface area contributed by atoms with Crippen LogP contribution in [0.3, 0.4) is 0 Å². The predicted molar refractivity (Wildman–Crippen MR) is 61.0 cm³/mol. The number of unbranched alkanes of at least 4 members (excludes halogenated alkanes) is 7. The zero-order valence-corrected chi connectivity index (χ0v) is 10.4. The molecule has 92 valence electrons. The van der Waals surface area contributed by atoms with Crippen molar-refractivity contribution < 1.29 is 19.3 Å². The summed E-state index contributed by atoms with van der Waals surface area (Å²) in [7, 11) is -2.36. The lowest BCUT2D eigenvalue weighted by Crippen LogP contribution is -1.93. The first-order valence-corrected chi connectivity index (χ1v) is 6.91. The Morgan fingerprint density at radius 2 is 1.40 bits per heavy atom. The third kappa shape index (κ3) is 14.3. The summed E-state index contributed by atoms with van der Waals surface area (Å²) < 4.78 is 4.18. The number of hydrogen-bond donors (Lipinski definition) is 2. The van der Waals surface area contributed by atoms with E-state index in [2.05, 4.69) is 16.5 Å². The van der Waals surface area contributed by atoms with E-state index < -0.39 is 8.60 Å². The second-order valence-electron chi connectivity index (χ2n) is 3.62. The van der Waals surface area contributed by atoms with Crippen LogP contribution in [0.25, 0.3) is 0 Å². The molecule has 0 aliphatic heterocycles. The average molecular weight is 238 g/mol. The maximum atomic E-state index is 8.35. The van der Waals surface area contributed by atoms with Crippen molar-refractivity contribution in [2.75, 3.05) is 6.61 Å². The molecule has 0 saturated carbocycles. The van der Waals surface area contributed by atoms with E-state index in [-0.39, 0.29) is 0 Å². The monoisotopic (exact) mass is 238 g/mol. The third-order valence-corrected chi connectivity index (χ3v) is 2.44. The molecule has 0 radical (unpaired) electrons. The maximum absolute atomic E-state index is 8.35. The second kappa shape index (κ2) is 12.3. The first-order valence-electron chi connectivity index (χ1n) is 5.75. The third-order valence-electron chi connectivity index (χ3n) is 2.20. The minimum absolute atomic E-state index is 0.439. The van der Waals surface area contributed by atoms with E-state index in [4.69, 9.17) is 9.79 Å². The molecule has 0 spiro atoms. The van der Waals surface area contributed by atoms with Crippen LogP contribution in [-0.4, -0.2) is 16.4 Å². The van der Waals surface area contributed by atoms with E-state index in [0.29, 0.717) is 6.61 Å². The molecule has 0 aromatic heterocycles. The average Bonchev–Trinajstić information content (AvgIpc) is 2.20. The van der Waals surface area contributed by atoms with Crippen molar-refractivity contribution in [1.82, 2.24) is 0 Å². The van der Waals surface area contributed by atoms with Crippen LogP contribution in [0.4, 0.5) is 0 Å². The summed E-state index contributed by atoms with van der Waals surface area (Å²) in [6.07, 6.45) is 9.83. The lowest BCUT2D eigenvalue weighted by molar-refractivity contribution is -0.213. The molecular weight excluding hydrogens is 215 g/mol. The molecule has 0 heterocycles. The maximum Gasteiger partial charge on any atom is 0.357 e. The van der Waals surface area contributed by atoms with Gasteiger partial charge in [0.1, 0.15) is 0 Å². The molecular formula is C10H23O4P. The van der Waals surface area contributed by atoms with Crippen molar-refractivity contribution in [2.45, 2.75) is 58.3 Å². The Morgan fingerprint density at radius 3 is 1.93 bits per heavy atom. The molecule has 0 fully saturated rings. The SMILES string of the molecule is CCCCCCCCCCOOP(O)O. The summed E-state index contributed by atoms with van der Waals surface area (Å²) in [5, 5.41) is 0. The van der Waals surface area contributed by atoms with Crippen LogP contribution < -0.4 is 0 Å². The molecule has 0 aromatic carbocycles. The topological polar surface area (TPSA) is 58.9 Å². The summed E-state index contributed by atoms with van der Waals surface area (Å²) in [4.78, 5) is 21.3. The Balaban J connectivity index is 2.87. The second-order valence-corrected chi connectivity index (χ2v) is 4.28. The van der Waals surface area contributed by atoms with Crippen molar-refractivity contribution >= 4 is 8.60 Å². The van der Waals surface area contributed by atoms with Gasteiger partial charge in [0.05, 0.1) is 6.61 Å². The molecule has 0 bridgehead atoms. The molecule has 0 rings (SSSR count). The fourth-order valence-corrected chi connectivity index (χ4v) is 1.55. The summed E-state index contributed by atoms with van der Waals surface area (Å²) >= 11 is 0. The Morgan fingerprint density at radius 1 is 0.867 bits per heavy atom. The summed E-state index contributed by atoms with van der Waals surface area (Å²) in [6, 6.07) is 0. The van der Waals surface area contributed by atoms with E-state index in [1.807, 2.05) is 0 Å². The van der Waals surface area contributed by atoms with Crippen LogP contribution in [0.1, 0.15) is 58.3 Å². The molecule has 2 N–H and O–H groups in total. The van der Waals surface area contributed by atoms with Crippen molar-refractivity contribution in [3.63, 3.8) is 0 Å². The van der Waals surface area contributed by atoms with Crippen molar-refractivity contribution in [3.8, 4) is 0 Å². The van der Waals surface area contributed by atoms with Gasteiger partial charge in [0.15, 0.2) is 0 Å². The molecule has 0 aliphatic carbocycles. The van der Waals surface area contributed by atoms with Gasteiger partial charge in [-0.3, -0.25) is 0 Å². The molecule has 5 heteroatoms. The standard InChI is InChI=1S/C10H23O4P/c1-2-3-4-5-6-7-8-9-10-13-14-15(11)12/h11-12H,2-10H2,1H3. The Labute approximate surface area is 93.5 Å². The zero-order valence-electron chi connectivity index (χ0n) is 9.52. The lowest BCUT2D eigenvalue weighted by Gasteiger charge is -2.03. The van der Waals surface area contributed by atoms with E-state index in [9.17, 15) is 0 Å². The highest BCUT2D eigenvalue weighted by Crippen LogP contribution is 2.24. The lowest BCUT2D eigenvalue weighted by atomic mass is 10.1. The quantitative estimate of drug-likeness (QED) is 0.251. The minimum atomic E-state index is -2.36. The molecule has 4 nitrogen and oxygen atoms in total. The molecule has 0 saturated heterocycles. The van der Waals surface area contributed by atoms with Gasteiger partial charge in [-0.05, 0) is 6.42 Å². The number of hydrogen-bond acceptors (Lipinski definition) is 4. The summed E-state index contributed by atoms with van der Waals surface area (Å²) in [5.41, 5.74) is 0. The van der Waals surface area contributed by atoms with Gasteiger partial charge in [0, 0.05) is 0 Å². The van der Waals surface area contributed by atoms with Gasteiger partial charge < -0.3 is 9.79 Å². The van der Waals surface area contributed by atoms with Crippen LogP contribution >= 0.6 is 8.60 Å². The number of rotatable bonds is 11. The molecule has 0 unspecified atom stereocenters. The van der Waals surface area contributed by atoms with Crippen LogP contribution in [0.2, 0.25) is 0 Å². The first kappa shape index (κ1) is 15.3. The summed E-state index contributed by atoms with van der Waals surface area (Å²) in [5.74, 6) is 0. The Bertz CT molecular complexity index is 122. The van der Waals surface area contributed by atoms with E-state index >= 15 is 0 Å². The molecule has 0 aliphatic rings. The summed E-state index contributed by atoms with van der Waals surface area (Å²) in [6.45, 7) is 2.66. The van der Waals surface area contributed by atoms with Crippen LogP contribution in [0, 0.1) is 0 Å². The predicted octanol–water partition coefficient (Wildman–Crippen LogP) is 3.29. The van der Waals surface area contributed by atoms with Crippen molar-refractivity contribution in [2.24, 2.45) is 0 Å². The highest BCUT2D eigenvalue weighted by atomic mass is 31.2. The largest absolute Gasteiger partial charge is 0.357 e. The van der Waals surface area contributed by atoms with Gasteiger partial charge in [-0.1, -0.05) is 51.9 Å². The zero-order chi connectivity index (χ0) is 11.4. The molecule has 0 atom stereocenters. The fourth-order valence-electron chi connectivity index (χ4n) is 1.38. The van der Waals surface area contributed by atoms with E-state index in [1.54, 1.807) is 0 Å². The van der Waals surface area contributed by atoms with E-state index in [0.717, 1.165) is 12.8 Å². The van der Waals surface area contributed by atoms with Gasteiger partial charge in [0.25, 0.3) is 0 Å². The molecule has 0 aromatic rings. The van der Waals surface area contributed by atoms with Gasteiger partial charge in [-0.25, -0.2) is 4.89 Å². The first-order chi connectivity index (χ1) is 7.27. The smallest absolute Gasteiger partial charge is 0.327 e. The van der Waals surface area contributed by atoms with Crippen LogP contribution in [0.15, 0.2) is 0 Å². The normalized spacial score (nSPS) is 11.2. The fraction of sp³-hybridized carbons (Fsp3) is 1.00. The minimum Gasteiger partial charge on any atom is -0.327 e. The van der Waals surface area contributed by atoms with Gasteiger partial charge in [-0.15, -0.1) is 0 Å². The Hall–Kier alpha value is 0.270. The van der Waals surface area contributed by atoms with Gasteiger partial charge in [0.2, 0.25) is 0 Å². The van der Waals surface area contributed by atoms with E-state index in [1.165, 1.54) is 38.5 Å². The van der Waals surface area contributed by atoms with Crippen LogP contribution in [-0.2, 0) is 9.56 Å². The Kier molecular flexibility index (Phi) is 12.6. The van der Waals surface area contributed by atoms with Gasteiger partial charge >= 0.3 is 8.60 Å². The van der Waals surface area contributed by atoms with Crippen molar-refractivity contribution in [1.29, 1.82) is 0 Å². The highest BCUT2D eigenvalue weighted by molar-refractivity contribution is 7.39. The molecule has 15 heavy (non-hydrogen) atoms. The highest BCUT2D eigenvalue weighted by Gasteiger charge is 1.98. The van der Waals surface area contributed by atoms with Gasteiger partial charge in [-0.2, -0.15) is 4.67 Å².